The molecule has 1 saturated heterocycles. The number of nitrogens with zero attached hydrogens (tertiary/aromatic N) is 5. The van der Waals surface area contributed by atoms with E-state index in [1.54, 1.807) is 6.07 Å². The van der Waals surface area contributed by atoms with Gasteiger partial charge >= 0.3 is 6.18 Å². The molecule has 1 amide bonds. The van der Waals surface area contributed by atoms with E-state index in [1.807, 2.05) is 0 Å². The normalized spacial score (nSPS) is 16.5. The van der Waals surface area contributed by atoms with Gasteiger partial charge in [0.2, 0.25) is 0 Å². The Bertz CT molecular complexity index is 1480. The molecule has 1 fully saturated rings. The molecule has 0 spiro atoms. The van der Waals surface area contributed by atoms with Gasteiger partial charge in [-0.3, -0.25) is 4.79 Å². The third kappa shape index (κ3) is 3.95. The predicted molar refractivity (Wildman–Crippen MR) is 120 cm³/mol. The molecule has 0 radical (unpaired) electrons. The summed E-state index contributed by atoms with van der Waals surface area (Å²) in [6.45, 7) is 5.61. The van der Waals surface area contributed by atoms with Gasteiger partial charge in [0.15, 0.2) is 0 Å². The second kappa shape index (κ2) is 8.19. The van der Waals surface area contributed by atoms with Crippen LogP contribution in [0.4, 0.5) is 17.6 Å². The summed E-state index contributed by atoms with van der Waals surface area (Å²) < 4.78 is 55.1. The predicted octanol–water partition coefficient (Wildman–Crippen LogP) is 5.41. The van der Waals surface area contributed by atoms with Gasteiger partial charge in [0, 0.05) is 6.54 Å². The maximum Gasteiger partial charge on any atom is 0.417 e. The van der Waals surface area contributed by atoms with Gasteiger partial charge in [-0.25, -0.2) is 9.37 Å². The van der Waals surface area contributed by atoms with Crippen LogP contribution in [0.2, 0.25) is 5.02 Å². The van der Waals surface area contributed by atoms with E-state index in [0.29, 0.717) is 12.0 Å². The lowest BCUT2D eigenvalue weighted by molar-refractivity contribution is -0.137. The molecule has 1 aliphatic rings. The highest BCUT2D eigenvalue weighted by atomic mass is 35.5. The number of aromatic nitrogens is 5. The minimum Gasteiger partial charge on any atom is -0.340 e. The number of aryl methyl sites for hydroxylation is 1. The van der Waals surface area contributed by atoms with E-state index in [0.717, 1.165) is 16.9 Å². The number of halogens is 5. The fourth-order valence-corrected chi connectivity index (χ4v) is 4.47. The van der Waals surface area contributed by atoms with Crippen molar-refractivity contribution < 1.29 is 22.4 Å². The Labute approximate surface area is 201 Å². The largest absolute Gasteiger partial charge is 0.417 e. The lowest BCUT2D eigenvalue weighted by Crippen LogP contribution is -2.33. The summed E-state index contributed by atoms with van der Waals surface area (Å²) in [5, 5.41) is 7.54. The van der Waals surface area contributed by atoms with Crippen LogP contribution >= 0.6 is 11.6 Å². The van der Waals surface area contributed by atoms with Crippen LogP contribution in [-0.2, 0) is 6.18 Å². The molecule has 3 heterocycles. The number of likely N-dealkylation sites (tertiary alicyclic amines) is 1. The number of amides is 1. The van der Waals surface area contributed by atoms with Crippen molar-refractivity contribution in [1.82, 2.24) is 29.9 Å². The van der Waals surface area contributed by atoms with Gasteiger partial charge < -0.3 is 9.88 Å². The number of H-pyrrole nitrogens is 1. The average Bonchev–Trinajstić information content (AvgIpc) is 3.53. The van der Waals surface area contributed by atoms with Gasteiger partial charge in [-0.05, 0) is 37.1 Å². The number of carbonyl (C=O) groups excluding carboxylic acids is 1. The fourth-order valence-electron chi connectivity index (χ4n) is 4.21. The van der Waals surface area contributed by atoms with Crippen LogP contribution in [0.1, 0.15) is 39.8 Å². The van der Waals surface area contributed by atoms with Crippen molar-refractivity contribution >= 4 is 28.5 Å². The van der Waals surface area contributed by atoms with Crippen LogP contribution in [0.25, 0.3) is 16.7 Å². The Morgan fingerprint density at radius 2 is 1.94 bits per heavy atom. The van der Waals surface area contributed by atoms with Crippen LogP contribution in [-0.4, -0.2) is 42.3 Å². The molecule has 1 atom stereocenters. The number of carbonyl (C=O) groups is 1. The molecule has 5 rings (SSSR count). The van der Waals surface area contributed by atoms with E-state index in [1.165, 1.54) is 30.3 Å². The van der Waals surface area contributed by atoms with Crippen molar-refractivity contribution in [3.8, 4) is 5.69 Å². The van der Waals surface area contributed by atoms with Crippen molar-refractivity contribution in [1.29, 1.82) is 0 Å². The molecule has 7 nitrogen and oxygen atoms in total. The molecular weight excluding hydrogens is 488 g/mol. The summed E-state index contributed by atoms with van der Waals surface area (Å²) >= 11 is 5.83. The second-order valence-corrected chi connectivity index (χ2v) is 8.69. The van der Waals surface area contributed by atoms with Gasteiger partial charge in [0.1, 0.15) is 22.9 Å². The van der Waals surface area contributed by atoms with Crippen molar-refractivity contribution in [2.24, 2.45) is 0 Å². The van der Waals surface area contributed by atoms with Crippen LogP contribution in [0, 0.1) is 12.7 Å². The van der Waals surface area contributed by atoms with Crippen LogP contribution in [0.15, 0.2) is 48.8 Å². The maximum absolute atomic E-state index is 15.3. The summed E-state index contributed by atoms with van der Waals surface area (Å²) in [6, 6.07) is 4.37. The first-order valence-electron chi connectivity index (χ1n) is 10.4. The molecule has 180 valence electrons. The van der Waals surface area contributed by atoms with Crippen LogP contribution in [0.3, 0.4) is 0 Å². The van der Waals surface area contributed by atoms with Gasteiger partial charge in [0.05, 0.1) is 40.1 Å². The first kappa shape index (κ1) is 23.0. The van der Waals surface area contributed by atoms with E-state index >= 15 is 4.39 Å². The van der Waals surface area contributed by atoms with Crippen LogP contribution in [0.5, 0.6) is 0 Å². The van der Waals surface area contributed by atoms with E-state index in [9.17, 15) is 18.0 Å². The zero-order valence-electron chi connectivity index (χ0n) is 18.2. The average molecular weight is 505 g/mol. The number of rotatable bonds is 3. The number of alkyl halides is 3. The smallest absolute Gasteiger partial charge is 0.340 e. The molecule has 2 aromatic heterocycles. The quantitative estimate of drug-likeness (QED) is 0.299. The third-order valence-corrected chi connectivity index (χ3v) is 6.20. The first-order chi connectivity index (χ1) is 16.5. The second-order valence-electron chi connectivity index (χ2n) is 8.28. The molecule has 1 aliphatic heterocycles. The van der Waals surface area contributed by atoms with Gasteiger partial charge in [0.25, 0.3) is 5.91 Å². The summed E-state index contributed by atoms with van der Waals surface area (Å²) in [6.07, 6.45) is -1.53. The molecule has 0 aliphatic carbocycles. The highest BCUT2D eigenvalue weighted by Crippen LogP contribution is 2.39. The SMILES string of the molecule is C=C1CC(c2nc3cc(Cl)c(C(F)(F)F)cc3[nH]2)N(C(=O)c2c(-n3nccn3)ccc(C)c2F)C1. The zero-order chi connectivity index (χ0) is 25.1. The molecule has 1 unspecified atom stereocenters. The standard InChI is InChI=1S/C23H17ClF4N6O/c1-11-7-18(21-31-15-8-13(23(26,27)28)14(24)9-16(15)32-21)33(10-11)22(35)19-17(34-29-5-6-30-34)4-3-12(2)20(19)25/h3-6,8-9,18H,1,7,10H2,2H3,(H,31,32). The number of hydrogen-bond acceptors (Lipinski definition) is 4. The molecular formula is C23H17ClF4N6O. The number of nitrogens with one attached hydrogen (secondary N) is 1. The molecule has 0 bridgehead atoms. The van der Waals surface area contributed by atoms with Gasteiger partial charge in [-0.2, -0.15) is 28.2 Å². The number of benzene rings is 2. The first-order valence-corrected chi connectivity index (χ1v) is 10.8. The van der Waals surface area contributed by atoms with Crippen molar-refractivity contribution in [3.05, 3.63) is 82.2 Å². The topological polar surface area (TPSA) is 79.7 Å². The lowest BCUT2D eigenvalue weighted by Gasteiger charge is -2.24. The highest BCUT2D eigenvalue weighted by Gasteiger charge is 2.38. The van der Waals surface area contributed by atoms with Crippen LogP contribution < -0.4 is 0 Å². The molecule has 35 heavy (non-hydrogen) atoms. The monoisotopic (exact) mass is 504 g/mol. The van der Waals surface area contributed by atoms with Gasteiger partial charge in [-0.15, -0.1) is 0 Å². The number of imidazole rings is 1. The minimum atomic E-state index is -4.64. The van der Waals surface area contributed by atoms with E-state index in [2.05, 4.69) is 26.7 Å². The fraction of sp³-hybridized carbons (Fsp3) is 0.217. The third-order valence-electron chi connectivity index (χ3n) is 5.88. The van der Waals surface area contributed by atoms with E-state index in [4.69, 9.17) is 11.6 Å². The molecule has 12 heteroatoms. The number of aromatic amines is 1. The minimum absolute atomic E-state index is 0.116. The molecule has 2 aromatic carbocycles. The summed E-state index contributed by atoms with van der Waals surface area (Å²) in [5.74, 6) is -1.11. The maximum atomic E-state index is 15.3. The number of fused-ring (bicyclic) bond motifs is 1. The van der Waals surface area contributed by atoms with E-state index < -0.39 is 34.5 Å². The summed E-state index contributed by atoms with van der Waals surface area (Å²) in [5.41, 5.74) is 0.214. The lowest BCUT2D eigenvalue weighted by atomic mass is 10.1. The van der Waals surface area contributed by atoms with E-state index in [-0.39, 0.29) is 40.2 Å². The molecule has 0 saturated carbocycles. The van der Waals surface area contributed by atoms with Crippen molar-refractivity contribution in [2.45, 2.75) is 25.6 Å². The Hall–Kier alpha value is -3.73. The Morgan fingerprint density at radius 1 is 1.23 bits per heavy atom. The number of hydrogen-bond donors (Lipinski definition) is 1. The van der Waals surface area contributed by atoms with Crippen molar-refractivity contribution in [3.63, 3.8) is 0 Å². The molecule has 1 N–H and O–H groups in total. The Morgan fingerprint density at radius 3 is 2.63 bits per heavy atom. The van der Waals surface area contributed by atoms with Crippen molar-refractivity contribution in [2.75, 3.05) is 6.54 Å². The zero-order valence-corrected chi connectivity index (χ0v) is 19.0. The summed E-state index contributed by atoms with van der Waals surface area (Å²) in [4.78, 5) is 23.5. The summed E-state index contributed by atoms with van der Waals surface area (Å²) in [7, 11) is 0. The Balaban J connectivity index is 1.58. The molecule has 4 aromatic rings. The van der Waals surface area contributed by atoms with Gasteiger partial charge in [-0.1, -0.05) is 29.8 Å². The Kier molecular flexibility index (Phi) is 5.39. The highest BCUT2D eigenvalue weighted by molar-refractivity contribution is 6.32.